The average Bonchev–Trinajstić information content (AvgIpc) is 3.05. The number of carbonyl (C=O) groups excluding carboxylic acids is 3. The molecule has 1 saturated heterocycles. The summed E-state index contributed by atoms with van der Waals surface area (Å²) in [6.45, 7) is 2.89. The quantitative estimate of drug-likeness (QED) is 0.825. The second-order valence-corrected chi connectivity index (χ2v) is 5.68. The summed E-state index contributed by atoms with van der Waals surface area (Å²) in [7, 11) is 0. The van der Waals surface area contributed by atoms with Gasteiger partial charge in [-0.15, -0.1) is 0 Å². The molecule has 0 unspecified atom stereocenters. The lowest BCUT2D eigenvalue weighted by Crippen LogP contribution is -2.42. The van der Waals surface area contributed by atoms with E-state index < -0.39 is 29.9 Å². The number of hydrogen-bond donors (Lipinski definition) is 2. The number of hydrogen-bond acceptors (Lipinski definition) is 5. The Kier molecular flexibility index (Phi) is 3.80. The number of imide groups is 1. The zero-order valence-electron chi connectivity index (χ0n) is 13.2. The number of urea groups is 1. The van der Waals surface area contributed by atoms with Gasteiger partial charge in [-0.1, -0.05) is 35.5 Å². The van der Waals surface area contributed by atoms with E-state index in [9.17, 15) is 14.4 Å². The normalized spacial score (nSPS) is 20.2. The topological polar surface area (TPSA) is 105 Å². The van der Waals surface area contributed by atoms with E-state index in [1.807, 2.05) is 6.07 Å². The summed E-state index contributed by atoms with van der Waals surface area (Å²) in [4.78, 5) is 37.7. The van der Waals surface area contributed by atoms with Gasteiger partial charge in [0.1, 0.15) is 17.8 Å². The molecule has 0 aliphatic carbocycles. The van der Waals surface area contributed by atoms with E-state index >= 15 is 0 Å². The first-order valence-corrected chi connectivity index (χ1v) is 7.33. The van der Waals surface area contributed by atoms with Crippen LogP contribution in [0.3, 0.4) is 0 Å². The minimum atomic E-state index is -1.19. The monoisotopic (exact) mass is 328 g/mol. The number of amides is 4. The minimum Gasteiger partial charge on any atom is -0.360 e. The fourth-order valence-corrected chi connectivity index (χ4v) is 2.56. The third kappa shape index (κ3) is 2.73. The first kappa shape index (κ1) is 15.7. The molecule has 1 atom stereocenters. The van der Waals surface area contributed by atoms with Crippen molar-refractivity contribution >= 4 is 23.7 Å². The first-order chi connectivity index (χ1) is 11.4. The van der Waals surface area contributed by atoms with Crippen LogP contribution in [-0.4, -0.2) is 34.4 Å². The summed E-state index contributed by atoms with van der Waals surface area (Å²) >= 11 is 0. The van der Waals surface area contributed by atoms with Crippen molar-refractivity contribution in [2.45, 2.75) is 19.4 Å². The number of rotatable bonds is 4. The fourth-order valence-electron chi connectivity index (χ4n) is 2.56. The molecule has 0 radical (unpaired) electrons. The van der Waals surface area contributed by atoms with Crippen molar-refractivity contribution in [3.8, 4) is 0 Å². The van der Waals surface area contributed by atoms with E-state index in [-0.39, 0.29) is 5.82 Å². The number of anilines is 1. The van der Waals surface area contributed by atoms with Crippen LogP contribution in [0.4, 0.5) is 10.6 Å². The van der Waals surface area contributed by atoms with E-state index in [1.54, 1.807) is 38.1 Å². The van der Waals surface area contributed by atoms with Crippen molar-refractivity contribution < 1.29 is 18.9 Å². The maximum Gasteiger partial charge on any atom is 0.325 e. The second kappa shape index (κ2) is 5.80. The van der Waals surface area contributed by atoms with E-state index in [1.165, 1.54) is 6.07 Å². The predicted molar refractivity (Wildman–Crippen MR) is 83.9 cm³/mol. The Morgan fingerprint density at radius 2 is 2.04 bits per heavy atom. The van der Waals surface area contributed by atoms with Crippen molar-refractivity contribution in [3.63, 3.8) is 0 Å². The Balaban J connectivity index is 1.74. The van der Waals surface area contributed by atoms with E-state index in [0.717, 1.165) is 4.90 Å². The lowest BCUT2D eigenvalue weighted by atomic mass is 9.92. The second-order valence-electron chi connectivity index (χ2n) is 5.68. The predicted octanol–water partition coefficient (Wildman–Crippen LogP) is 1.39. The number of aryl methyl sites for hydroxylation is 1. The number of benzene rings is 1. The lowest BCUT2D eigenvalue weighted by Gasteiger charge is -2.21. The molecule has 0 spiro atoms. The van der Waals surface area contributed by atoms with Crippen LogP contribution in [0.5, 0.6) is 0 Å². The lowest BCUT2D eigenvalue weighted by molar-refractivity contribution is -0.133. The SMILES string of the molecule is Cc1cc(NC(=O)CN2C(=O)N[C@](C)(c3ccccc3)C2=O)no1. The molecule has 0 saturated carbocycles. The molecular weight excluding hydrogens is 312 g/mol. The van der Waals surface area contributed by atoms with Gasteiger partial charge in [0.15, 0.2) is 5.82 Å². The van der Waals surface area contributed by atoms with Crippen LogP contribution in [0.2, 0.25) is 0 Å². The van der Waals surface area contributed by atoms with Gasteiger partial charge < -0.3 is 15.2 Å². The summed E-state index contributed by atoms with van der Waals surface area (Å²) in [6.07, 6.45) is 0. The van der Waals surface area contributed by atoms with Gasteiger partial charge >= 0.3 is 6.03 Å². The van der Waals surface area contributed by atoms with Crippen molar-refractivity contribution in [2.75, 3.05) is 11.9 Å². The van der Waals surface area contributed by atoms with Gasteiger partial charge in [-0.3, -0.25) is 14.5 Å². The molecule has 1 aliphatic rings. The maximum atomic E-state index is 12.7. The van der Waals surface area contributed by atoms with Crippen molar-refractivity contribution in [2.24, 2.45) is 0 Å². The van der Waals surface area contributed by atoms with Crippen LogP contribution < -0.4 is 10.6 Å². The Morgan fingerprint density at radius 1 is 1.33 bits per heavy atom. The summed E-state index contributed by atoms with van der Waals surface area (Å²) in [6, 6.07) is 9.81. The summed E-state index contributed by atoms with van der Waals surface area (Å²) in [5, 5.41) is 8.76. The van der Waals surface area contributed by atoms with Gasteiger partial charge in [-0.25, -0.2) is 4.79 Å². The molecule has 1 fully saturated rings. The highest BCUT2D eigenvalue weighted by Crippen LogP contribution is 2.28. The van der Waals surface area contributed by atoms with Gasteiger partial charge in [0.25, 0.3) is 5.91 Å². The van der Waals surface area contributed by atoms with Gasteiger partial charge in [-0.2, -0.15) is 0 Å². The van der Waals surface area contributed by atoms with Gasteiger partial charge in [0, 0.05) is 6.07 Å². The largest absolute Gasteiger partial charge is 0.360 e. The third-order valence-corrected chi connectivity index (χ3v) is 3.82. The van der Waals surface area contributed by atoms with E-state index in [4.69, 9.17) is 4.52 Å². The molecule has 4 amide bonds. The summed E-state index contributed by atoms with van der Waals surface area (Å²) < 4.78 is 4.84. The van der Waals surface area contributed by atoms with Crippen LogP contribution >= 0.6 is 0 Å². The highest BCUT2D eigenvalue weighted by atomic mass is 16.5. The molecule has 2 aromatic rings. The molecular formula is C16H16N4O4. The number of nitrogens with zero attached hydrogens (tertiary/aromatic N) is 2. The molecule has 8 heteroatoms. The van der Waals surface area contributed by atoms with Crippen LogP contribution in [-0.2, 0) is 15.1 Å². The number of aromatic nitrogens is 1. The molecule has 1 aromatic carbocycles. The molecule has 8 nitrogen and oxygen atoms in total. The summed E-state index contributed by atoms with van der Waals surface area (Å²) in [5.41, 5.74) is -0.540. The molecule has 0 bridgehead atoms. The fraction of sp³-hybridized carbons (Fsp3) is 0.250. The molecule has 124 valence electrons. The van der Waals surface area contributed by atoms with Gasteiger partial charge in [0.05, 0.1) is 0 Å². The maximum absolute atomic E-state index is 12.7. The Bertz CT molecular complexity index is 801. The van der Waals surface area contributed by atoms with Gasteiger partial charge in [0.2, 0.25) is 5.91 Å². The number of nitrogens with one attached hydrogen (secondary N) is 2. The minimum absolute atomic E-state index is 0.232. The van der Waals surface area contributed by atoms with Gasteiger partial charge in [-0.05, 0) is 19.4 Å². The average molecular weight is 328 g/mol. The standard InChI is InChI=1S/C16H16N4O4/c1-10-8-12(19-24-10)17-13(21)9-20-14(22)16(2,18-15(20)23)11-6-4-3-5-7-11/h3-8H,9H2,1-2H3,(H,18,23)(H,17,19,21)/t16-/m1/s1. The molecule has 2 heterocycles. The van der Waals surface area contributed by atoms with Crippen LogP contribution in [0, 0.1) is 6.92 Å². The Labute approximate surface area is 137 Å². The van der Waals surface area contributed by atoms with Crippen molar-refractivity contribution in [1.82, 2.24) is 15.4 Å². The highest BCUT2D eigenvalue weighted by molar-refractivity contribution is 6.10. The summed E-state index contributed by atoms with van der Waals surface area (Å²) in [5.74, 6) is -0.249. The molecule has 24 heavy (non-hydrogen) atoms. The van der Waals surface area contributed by atoms with Crippen molar-refractivity contribution in [3.05, 3.63) is 47.7 Å². The van der Waals surface area contributed by atoms with Crippen LogP contribution in [0.25, 0.3) is 0 Å². The zero-order chi connectivity index (χ0) is 17.3. The van der Waals surface area contributed by atoms with E-state index in [2.05, 4.69) is 15.8 Å². The zero-order valence-corrected chi connectivity index (χ0v) is 13.2. The Hall–Kier alpha value is -3.16. The van der Waals surface area contributed by atoms with E-state index in [0.29, 0.717) is 11.3 Å². The Morgan fingerprint density at radius 3 is 2.67 bits per heavy atom. The highest BCUT2D eigenvalue weighted by Gasteiger charge is 2.49. The molecule has 2 N–H and O–H groups in total. The van der Waals surface area contributed by atoms with Crippen molar-refractivity contribution in [1.29, 1.82) is 0 Å². The molecule has 3 rings (SSSR count). The van der Waals surface area contributed by atoms with Crippen LogP contribution in [0.1, 0.15) is 18.2 Å². The molecule has 1 aliphatic heterocycles. The smallest absolute Gasteiger partial charge is 0.325 e. The third-order valence-electron chi connectivity index (χ3n) is 3.82. The van der Waals surface area contributed by atoms with Crippen LogP contribution in [0.15, 0.2) is 40.9 Å². The molecule has 1 aromatic heterocycles. The first-order valence-electron chi connectivity index (χ1n) is 7.33. The number of carbonyl (C=O) groups is 3.